The maximum Gasteiger partial charge on any atom is 0.387 e. The Bertz CT molecular complexity index is 436. The molecule has 0 atom stereocenters. The molecule has 6 heteroatoms. The number of carbonyl (C=O) groups excluding carboxylic acids is 1. The van der Waals surface area contributed by atoms with E-state index in [1.54, 1.807) is 0 Å². The number of hydrogen-bond acceptors (Lipinski definition) is 3. The minimum absolute atomic E-state index is 0.0949. The van der Waals surface area contributed by atoms with Gasteiger partial charge in [0.15, 0.2) is 11.5 Å². The van der Waals surface area contributed by atoms with Crippen LogP contribution in [-0.2, 0) is 0 Å². The molecule has 0 saturated heterocycles. The molecule has 1 aromatic rings. The lowest BCUT2D eigenvalue weighted by molar-refractivity contribution is -0.0512. The van der Waals surface area contributed by atoms with E-state index in [1.165, 1.54) is 25.3 Å². The van der Waals surface area contributed by atoms with Crippen molar-refractivity contribution in [1.82, 2.24) is 5.32 Å². The van der Waals surface area contributed by atoms with E-state index >= 15 is 0 Å². The number of halogens is 2. The van der Waals surface area contributed by atoms with Gasteiger partial charge in [-0.15, -0.1) is 0 Å². The van der Waals surface area contributed by atoms with Gasteiger partial charge in [0.05, 0.1) is 7.11 Å². The molecule has 0 aliphatic heterocycles. The number of benzene rings is 1. The number of ether oxygens (including phenoxy) is 2. The lowest BCUT2D eigenvalue weighted by Crippen LogP contribution is -2.27. The fourth-order valence-electron chi connectivity index (χ4n) is 1.40. The van der Waals surface area contributed by atoms with E-state index in [0.29, 0.717) is 18.0 Å². The van der Waals surface area contributed by atoms with Gasteiger partial charge in [0.25, 0.3) is 5.91 Å². The summed E-state index contributed by atoms with van der Waals surface area (Å²) in [6, 6.07) is 4.07. The van der Waals surface area contributed by atoms with Crippen LogP contribution in [0.15, 0.2) is 18.2 Å². The van der Waals surface area contributed by atoms with Gasteiger partial charge >= 0.3 is 6.61 Å². The van der Waals surface area contributed by atoms with E-state index in [4.69, 9.17) is 4.74 Å². The Hall–Kier alpha value is -1.85. The van der Waals surface area contributed by atoms with Crippen LogP contribution < -0.4 is 14.8 Å². The van der Waals surface area contributed by atoms with Crippen LogP contribution in [0.4, 0.5) is 8.78 Å². The van der Waals surface area contributed by atoms with Crippen molar-refractivity contribution in [2.75, 3.05) is 13.7 Å². The lowest BCUT2D eigenvalue weighted by atomic mass is 10.1. The van der Waals surface area contributed by atoms with Gasteiger partial charge in [-0.25, -0.2) is 0 Å². The van der Waals surface area contributed by atoms with Crippen molar-refractivity contribution in [3.05, 3.63) is 23.8 Å². The third kappa shape index (κ3) is 4.73. The molecule has 1 amide bonds. The van der Waals surface area contributed by atoms with Gasteiger partial charge in [-0.05, 0) is 24.1 Å². The third-order valence-electron chi connectivity index (χ3n) is 2.31. The van der Waals surface area contributed by atoms with Crippen LogP contribution in [-0.4, -0.2) is 26.2 Å². The summed E-state index contributed by atoms with van der Waals surface area (Å²) in [5.41, 5.74) is 0.333. The highest BCUT2D eigenvalue weighted by Crippen LogP contribution is 2.29. The van der Waals surface area contributed by atoms with E-state index in [0.717, 1.165) is 0 Å². The maximum absolute atomic E-state index is 12.1. The molecule has 106 valence electrons. The molecule has 4 nitrogen and oxygen atoms in total. The van der Waals surface area contributed by atoms with Crippen LogP contribution in [0.1, 0.15) is 24.2 Å². The van der Waals surface area contributed by atoms with Gasteiger partial charge in [-0.3, -0.25) is 4.79 Å². The fraction of sp³-hybridized carbons (Fsp3) is 0.462. The Morgan fingerprint density at radius 2 is 2.00 bits per heavy atom. The molecule has 0 bridgehead atoms. The van der Waals surface area contributed by atoms with E-state index < -0.39 is 6.61 Å². The number of methoxy groups -OCH3 is 1. The quantitative estimate of drug-likeness (QED) is 0.866. The first-order chi connectivity index (χ1) is 8.93. The average molecular weight is 273 g/mol. The molecule has 0 fully saturated rings. The highest BCUT2D eigenvalue weighted by molar-refractivity contribution is 5.94. The molecule has 1 rings (SSSR count). The molecule has 0 radical (unpaired) electrons. The number of alkyl halides is 2. The van der Waals surface area contributed by atoms with Crippen molar-refractivity contribution >= 4 is 5.91 Å². The van der Waals surface area contributed by atoms with Crippen molar-refractivity contribution in [3.63, 3.8) is 0 Å². The van der Waals surface area contributed by atoms with E-state index in [2.05, 4.69) is 10.1 Å². The summed E-state index contributed by atoms with van der Waals surface area (Å²) in [5.74, 6) is 0.0401. The summed E-state index contributed by atoms with van der Waals surface area (Å²) in [4.78, 5) is 11.8. The second-order valence-corrected chi connectivity index (χ2v) is 4.35. The standard InChI is InChI=1S/C13H17F2NO3/c1-8(2)7-16-12(17)9-4-5-10(19-13(14)15)11(6-9)18-3/h4-6,8,13H,7H2,1-3H3,(H,16,17). The Kier molecular flexibility index (Phi) is 5.54. The van der Waals surface area contributed by atoms with Crippen molar-refractivity contribution in [2.24, 2.45) is 5.92 Å². The third-order valence-corrected chi connectivity index (χ3v) is 2.31. The molecule has 0 aliphatic carbocycles. The van der Waals surface area contributed by atoms with Crippen molar-refractivity contribution in [3.8, 4) is 11.5 Å². The minimum atomic E-state index is -2.94. The molecule has 19 heavy (non-hydrogen) atoms. The highest BCUT2D eigenvalue weighted by atomic mass is 19.3. The Morgan fingerprint density at radius 3 is 2.53 bits per heavy atom. The van der Waals surface area contributed by atoms with Crippen LogP contribution in [0.3, 0.4) is 0 Å². The van der Waals surface area contributed by atoms with Crippen LogP contribution in [0, 0.1) is 5.92 Å². The first kappa shape index (κ1) is 15.2. The summed E-state index contributed by atoms with van der Waals surface area (Å²) in [7, 11) is 1.32. The van der Waals surface area contributed by atoms with Crippen LogP contribution >= 0.6 is 0 Å². The van der Waals surface area contributed by atoms with Crippen molar-refractivity contribution in [1.29, 1.82) is 0 Å². The molecule has 0 aliphatic rings. The van der Waals surface area contributed by atoms with Gasteiger partial charge in [-0.2, -0.15) is 8.78 Å². The van der Waals surface area contributed by atoms with Gasteiger partial charge in [-0.1, -0.05) is 13.8 Å². The van der Waals surface area contributed by atoms with Gasteiger partial charge in [0.1, 0.15) is 0 Å². The largest absolute Gasteiger partial charge is 0.493 e. The zero-order chi connectivity index (χ0) is 14.4. The summed E-state index contributed by atoms with van der Waals surface area (Å²) >= 11 is 0. The summed E-state index contributed by atoms with van der Waals surface area (Å²) in [6.45, 7) is 1.55. The normalized spacial score (nSPS) is 10.7. The molecule has 1 aromatic carbocycles. The van der Waals surface area contributed by atoms with Crippen LogP contribution in [0.25, 0.3) is 0 Å². The minimum Gasteiger partial charge on any atom is -0.493 e. The predicted molar refractivity (Wildman–Crippen MR) is 66.8 cm³/mol. The zero-order valence-electron chi connectivity index (χ0n) is 11.1. The summed E-state index contributed by atoms with van der Waals surface area (Å²) in [6.07, 6.45) is 0. The number of rotatable bonds is 6. The maximum atomic E-state index is 12.1. The molecule has 0 unspecified atom stereocenters. The number of nitrogens with one attached hydrogen (secondary N) is 1. The summed E-state index contributed by atoms with van der Waals surface area (Å²) in [5, 5.41) is 2.73. The van der Waals surface area contributed by atoms with Crippen LogP contribution in [0.2, 0.25) is 0 Å². The highest BCUT2D eigenvalue weighted by Gasteiger charge is 2.14. The van der Waals surface area contributed by atoms with Gasteiger partial charge < -0.3 is 14.8 Å². The zero-order valence-corrected chi connectivity index (χ0v) is 11.1. The molecule has 0 spiro atoms. The Labute approximate surface area is 110 Å². The number of amides is 1. The van der Waals surface area contributed by atoms with E-state index in [-0.39, 0.29) is 17.4 Å². The smallest absolute Gasteiger partial charge is 0.387 e. The average Bonchev–Trinajstić information content (AvgIpc) is 2.35. The first-order valence-electron chi connectivity index (χ1n) is 5.85. The van der Waals surface area contributed by atoms with Crippen molar-refractivity contribution < 1.29 is 23.0 Å². The molecule has 0 saturated carbocycles. The topological polar surface area (TPSA) is 47.6 Å². The molecule has 1 N–H and O–H groups in total. The fourth-order valence-corrected chi connectivity index (χ4v) is 1.40. The molecular weight excluding hydrogens is 256 g/mol. The summed E-state index contributed by atoms with van der Waals surface area (Å²) < 4.78 is 33.5. The predicted octanol–water partition coefficient (Wildman–Crippen LogP) is 2.68. The van der Waals surface area contributed by atoms with Gasteiger partial charge in [0, 0.05) is 12.1 Å². The second-order valence-electron chi connectivity index (χ2n) is 4.35. The monoisotopic (exact) mass is 273 g/mol. The molecular formula is C13H17F2NO3. The Balaban J connectivity index is 2.84. The van der Waals surface area contributed by atoms with Gasteiger partial charge in [0.2, 0.25) is 0 Å². The van der Waals surface area contributed by atoms with E-state index in [1.807, 2.05) is 13.8 Å². The van der Waals surface area contributed by atoms with E-state index in [9.17, 15) is 13.6 Å². The second kappa shape index (κ2) is 6.92. The van der Waals surface area contributed by atoms with Crippen LogP contribution in [0.5, 0.6) is 11.5 Å². The number of carbonyl (C=O) groups is 1. The molecule has 0 heterocycles. The first-order valence-corrected chi connectivity index (χ1v) is 5.85. The Morgan fingerprint density at radius 1 is 1.32 bits per heavy atom. The van der Waals surface area contributed by atoms with Crippen molar-refractivity contribution in [2.45, 2.75) is 20.5 Å². The SMILES string of the molecule is COc1cc(C(=O)NCC(C)C)ccc1OC(F)F. The number of hydrogen-bond donors (Lipinski definition) is 1. The lowest BCUT2D eigenvalue weighted by Gasteiger charge is -2.12. The molecule has 0 aromatic heterocycles.